The van der Waals surface area contributed by atoms with E-state index in [9.17, 15) is 9.90 Å². The average Bonchev–Trinajstić information content (AvgIpc) is 2.39. The number of rotatable bonds is 4. The summed E-state index contributed by atoms with van der Waals surface area (Å²) in [7, 11) is 0. The van der Waals surface area contributed by atoms with Crippen LogP contribution in [0.4, 0.5) is 5.69 Å². The molecular weight excluding hydrogens is 386 g/mol. The Kier molecular flexibility index (Phi) is 4.83. The van der Waals surface area contributed by atoms with Gasteiger partial charge in [-0.2, -0.15) is 0 Å². The minimum absolute atomic E-state index is 0.00972. The van der Waals surface area contributed by atoms with Crippen LogP contribution in [0, 0.1) is 0 Å². The summed E-state index contributed by atoms with van der Waals surface area (Å²) in [4.78, 5) is 11.3. The van der Waals surface area contributed by atoms with Crippen molar-refractivity contribution in [3.63, 3.8) is 0 Å². The number of nitrogens with one attached hydrogen (secondary N) is 1. The standard InChI is InChI=1S/C15H13Br2NO2/c1-9(10-5-7-11(16)8-6-10)18-13-4-2-3-12(17)14(13)15(19)20/h2-9,18H,1H3,(H,19,20). The number of benzene rings is 2. The number of carboxylic acids is 1. The molecule has 0 radical (unpaired) electrons. The topological polar surface area (TPSA) is 49.3 Å². The summed E-state index contributed by atoms with van der Waals surface area (Å²) in [5.41, 5.74) is 1.93. The van der Waals surface area contributed by atoms with Gasteiger partial charge in [-0.3, -0.25) is 0 Å². The fraction of sp³-hybridized carbons (Fsp3) is 0.133. The summed E-state index contributed by atoms with van der Waals surface area (Å²) in [6, 6.07) is 13.2. The lowest BCUT2D eigenvalue weighted by atomic mass is 10.1. The average molecular weight is 399 g/mol. The Morgan fingerprint density at radius 1 is 1.15 bits per heavy atom. The zero-order valence-electron chi connectivity index (χ0n) is 10.7. The normalized spacial score (nSPS) is 11.9. The molecule has 3 nitrogen and oxygen atoms in total. The summed E-state index contributed by atoms with van der Waals surface area (Å²) in [5.74, 6) is -0.956. The van der Waals surface area contributed by atoms with E-state index in [1.54, 1.807) is 12.1 Å². The monoisotopic (exact) mass is 397 g/mol. The van der Waals surface area contributed by atoms with Gasteiger partial charge in [0.05, 0.1) is 11.3 Å². The molecular formula is C15H13Br2NO2. The highest BCUT2D eigenvalue weighted by Gasteiger charge is 2.15. The van der Waals surface area contributed by atoms with Crippen molar-refractivity contribution in [3.8, 4) is 0 Å². The first-order valence-electron chi connectivity index (χ1n) is 6.03. The van der Waals surface area contributed by atoms with Crippen LogP contribution in [0.5, 0.6) is 0 Å². The molecule has 0 aliphatic heterocycles. The Hall–Kier alpha value is -1.33. The molecule has 1 atom stereocenters. The van der Waals surface area contributed by atoms with Crippen LogP contribution < -0.4 is 5.32 Å². The van der Waals surface area contributed by atoms with E-state index >= 15 is 0 Å². The molecule has 20 heavy (non-hydrogen) atoms. The van der Waals surface area contributed by atoms with Gasteiger partial charge in [-0.05, 0) is 52.7 Å². The summed E-state index contributed by atoms with van der Waals surface area (Å²) >= 11 is 6.67. The van der Waals surface area contributed by atoms with Gasteiger partial charge >= 0.3 is 5.97 Å². The van der Waals surface area contributed by atoms with Gasteiger partial charge in [-0.1, -0.05) is 34.1 Å². The maximum absolute atomic E-state index is 11.3. The molecule has 0 saturated carbocycles. The molecule has 2 N–H and O–H groups in total. The first kappa shape index (κ1) is 15.1. The van der Waals surface area contributed by atoms with Gasteiger partial charge in [0.25, 0.3) is 0 Å². The minimum Gasteiger partial charge on any atom is -0.478 e. The van der Waals surface area contributed by atoms with E-state index in [1.807, 2.05) is 37.3 Å². The lowest BCUT2D eigenvalue weighted by Gasteiger charge is -2.18. The third-order valence-corrected chi connectivity index (χ3v) is 4.16. The molecule has 0 spiro atoms. The van der Waals surface area contributed by atoms with Crippen molar-refractivity contribution in [1.29, 1.82) is 0 Å². The molecule has 0 aliphatic rings. The van der Waals surface area contributed by atoms with Crippen LogP contribution in [-0.2, 0) is 0 Å². The molecule has 0 saturated heterocycles. The fourth-order valence-corrected chi connectivity index (χ4v) is 2.73. The predicted molar refractivity (Wildman–Crippen MR) is 87.3 cm³/mol. The van der Waals surface area contributed by atoms with E-state index in [0.717, 1.165) is 10.0 Å². The second kappa shape index (κ2) is 6.41. The number of anilines is 1. The molecule has 0 aromatic heterocycles. The molecule has 2 aromatic rings. The Balaban J connectivity index is 2.28. The predicted octanol–water partition coefficient (Wildman–Crippen LogP) is 5.08. The van der Waals surface area contributed by atoms with Crippen LogP contribution in [-0.4, -0.2) is 11.1 Å². The Morgan fingerprint density at radius 3 is 2.40 bits per heavy atom. The number of carbonyl (C=O) groups is 1. The van der Waals surface area contributed by atoms with Gasteiger partial charge in [-0.15, -0.1) is 0 Å². The number of hydrogen-bond donors (Lipinski definition) is 2. The highest BCUT2D eigenvalue weighted by molar-refractivity contribution is 9.10. The molecule has 5 heteroatoms. The van der Waals surface area contributed by atoms with Crippen LogP contribution in [0.3, 0.4) is 0 Å². The SMILES string of the molecule is CC(Nc1cccc(Br)c1C(=O)O)c1ccc(Br)cc1. The van der Waals surface area contributed by atoms with E-state index in [0.29, 0.717) is 10.2 Å². The van der Waals surface area contributed by atoms with Gasteiger partial charge in [-0.25, -0.2) is 4.79 Å². The van der Waals surface area contributed by atoms with Crippen LogP contribution in [0.15, 0.2) is 51.4 Å². The van der Waals surface area contributed by atoms with Crippen molar-refractivity contribution in [1.82, 2.24) is 0 Å². The van der Waals surface area contributed by atoms with Crippen LogP contribution in [0.25, 0.3) is 0 Å². The fourth-order valence-electron chi connectivity index (χ4n) is 1.93. The molecule has 1 unspecified atom stereocenters. The highest BCUT2D eigenvalue weighted by Crippen LogP contribution is 2.28. The number of halogens is 2. The Bertz CT molecular complexity index is 626. The van der Waals surface area contributed by atoms with E-state index in [2.05, 4.69) is 37.2 Å². The Morgan fingerprint density at radius 2 is 1.80 bits per heavy atom. The summed E-state index contributed by atoms with van der Waals surface area (Å²) < 4.78 is 1.58. The highest BCUT2D eigenvalue weighted by atomic mass is 79.9. The number of hydrogen-bond acceptors (Lipinski definition) is 2. The maximum atomic E-state index is 11.3. The molecule has 2 aromatic carbocycles. The van der Waals surface area contributed by atoms with Crippen molar-refractivity contribution >= 4 is 43.5 Å². The second-order valence-corrected chi connectivity index (χ2v) is 6.16. The summed E-state index contributed by atoms with van der Waals surface area (Å²) in [5, 5.41) is 12.5. The van der Waals surface area contributed by atoms with Crippen LogP contribution in [0.2, 0.25) is 0 Å². The minimum atomic E-state index is -0.956. The third kappa shape index (κ3) is 3.41. The van der Waals surface area contributed by atoms with Crippen molar-refractivity contribution < 1.29 is 9.90 Å². The molecule has 0 amide bonds. The summed E-state index contributed by atoms with van der Waals surface area (Å²) in [6.07, 6.45) is 0. The van der Waals surface area contributed by atoms with Crippen molar-refractivity contribution in [2.75, 3.05) is 5.32 Å². The molecule has 0 bridgehead atoms. The summed E-state index contributed by atoms with van der Waals surface area (Å²) in [6.45, 7) is 2.00. The van der Waals surface area contributed by atoms with Crippen molar-refractivity contribution in [2.45, 2.75) is 13.0 Å². The quantitative estimate of drug-likeness (QED) is 0.754. The number of carboxylic acid groups (broad SMARTS) is 1. The first-order valence-corrected chi connectivity index (χ1v) is 7.61. The van der Waals surface area contributed by atoms with Gasteiger partial charge in [0.1, 0.15) is 0 Å². The molecule has 0 fully saturated rings. The van der Waals surface area contributed by atoms with E-state index in [-0.39, 0.29) is 11.6 Å². The van der Waals surface area contributed by atoms with Gasteiger partial charge in [0.2, 0.25) is 0 Å². The molecule has 104 valence electrons. The van der Waals surface area contributed by atoms with Gasteiger partial charge < -0.3 is 10.4 Å². The Labute approximate surface area is 134 Å². The van der Waals surface area contributed by atoms with E-state index in [1.165, 1.54) is 0 Å². The van der Waals surface area contributed by atoms with E-state index in [4.69, 9.17) is 0 Å². The van der Waals surface area contributed by atoms with Crippen LogP contribution >= 0.6 is 31.9 Å². The maximum Gasteiger partial charge on any atom is 0.338 e. The van der Waals surface area contributed by atoms with Crippen LogP contribution in [0.1, 0.15) is 28.9 Å². The van der Waals surface area contributed by atoms with Crippen molar-refractivity contribution in [3.05, 3.63) is 62.5 Å². The van der Waals surface area contributed by atoms with Gasteiger partial charge in [0.15, 0.2) is 0 Å². The second-order valence-electron chi connectivity index (χ2n) is 4.39. The lowest BCUT2D eigenvalue weighted by molar-refractivity contribution is 0.0697. The van der Waals surface area contributed by atoms with Gasteiger partial charge in [0, 0.05) is 15.0 Å². The zero-order valence-corrected chi connectivity index (χ0v) is 13.9. The smallest absolute Gasteiger partial charge is 0.338 e. The van der Waals surface area contributed by atoms with Crippen molar-refractivity contribution in [2.24, 2.45) is 0 Å². The molecule has 0 aliphatic carbocycles. The third-order valence-electron chi connectivity index (χ3n) is 2.97. The lowest BCUT2D eigenvalue weighted by Crippen LogP contribution is -2.11. The largest absolute Gasteiger partial charge is 0.478 e. The molecule has 2 rings (SSSR count). The van der Waals surface area contributed by atoms with E-state index < -0.39 is 5.97 Å². The first-order chi connectivity index (χ1) is 9.49. The number of aromatic carboxylic acids is 1. The molecule has 0 heterocycles. The zero-order chi connectivity index (χ0) is 14.7.